The van der Waals surface area contributed by atoms with Crippen LogP contribution < -0.4 is 10.6 Å². The van der Waals surface area contributed by atoms with E-state index in [0.29, 0.717) is 16.3 Å². The highest BCUT2D eigenvalue weighted by atomic mass is 35.5. The average Bonchev–Trinajstić information content (AvgIpc) is 2.55. The van der Waals surface area contributed by atoms with Crippen LogP contribution in [0.3, 0.4) is 0 Å². The second-order valence-electron chi connectivity index (χ2n) is 5.96. The van der Waals surface area contributed by atoms with E-state index in [1.165, 1.54) is 0 Å². The number of carbonyl (C=O) groups excluding carboxylic acids is 1. The van der Waals surface area contributed by atoms with Crippen LogP contribution in [-0.4, -0.2) is 43.0 Å². The van der Waals surface area contributed by atoms with Gasteiger partial charge in [0.1, 0.15) is 0 Å². The Balaban J connectivity index is 1.96. The van der Waals surface area contributed by atoms with E-state index in [4.69, 9.17) is 11.6 Å². The summed E-state index contributed by atoms with van der Waals surface area (Å²) in [5.41, 5.74) is 2.98. The summed E-state index contributed by atoms with van der Waals surface area (Å²) in [6.45, 7) is 3.76. The van der Waals surface area contributed by atoms with Crippen LogP contribution >= 0.6 is 11.6 Å². The molecule has 0 fully saturated rings. The highest BCUT2D eigenvalue weighted by Crippen LogP contribution is 2.20. The van der Waals surface area contributed by atoms with Gasteiger partial charge in [-0.1, -0.05) is 17.7 Å². The number of carbonyl (C=O) groups is 1. The lowest BCUT2D eigenvalue weighted by Gasteiger charge is -2.11. The van der Waals surface area contributed by atoms with E-state index in [9.17, 15) is 4.79 Å². The van der Waals surface area contributed by atoms with Crippen LogP contribution in [0.1, 0.15) is 22.3 Å². The molecule has 2 rings (SSSR count). The van der Waals surface area contributed by atoms with Crippen molar-refractivity contribution in [3.8, 4) is 0 Å². The van der Waals surface area contributed by atoms with Gasteiger partial charge in [-0.3, -0.25) is 9.78 Å². The summed E-state index contributed by atoms with van der Waals surface area (Å²) in [6.07, 6.45) is 4.29. The Kier molecular flexibility index (Phi) is 6.58. The van der Waals surface area contributed by atoms with Gasteiger partial charge < -0.3 is 15.5 Å². The van der Waals surface area contributed by atoms with Crippen LogP contribution in [0.5, 0.6) is 0 Å². The molecule has 1 aromatic heterocycles. The molecular formula is C18H23ClN4O. The number of halogens is 1. The fourth-order valence-electron chi connectivity index (χ4n) is 2.16. The monoisotopic (exact) mass is 346 g/mol. The SMILES string of the molecule is Cc1ccc(NC(=O)c2cncc(NCCCN(C)C)c2)cc1Cl. The topological polar surface area (TPSA) is 57.3 Å². The molecule has 1 aromatic carbocycles. The first-order valence-electron chi connectivity index (χ1n) is 7.87. The van der Waals surface area contributed by atoms with Gasteiger partial charge in [-0.15, -0.1) is 0 Å². The van der Waals surface area contributed by atoms with Gasteiger partial charge in [0.2, 0.25) is 0 Å². The number of hydrogen-bond acceptors (Lipinski definition) is 4. The molecule has 24 heavy (non-hydrogen) atoms. The summed E-state index contributed by atoms with van der Waals surface area (Å²) in [5, 5.41) is 6.75. The fraction of sp³-hybridized carbons (Fsp3) is 0.333. The zero-order valence-corrected chi connectivity index (χ0v) is 15.0. The molecule has 0 saturated heterocycles. The van der Waals surface area contributed by atoms with E-state index in [1.807, 2.05) is 33.2 Å². The standard InChI is InChI=1S/C18H23ClN4O/c1-13-5-6-15(10-17(13)19)22-18(24)14-9-16(12-20-11-14)21-7-4-8-23(2)3/h5-6,9-12,21H,4,7-8H2,1-3H3,(H,22,24). The van der Waals surface area contributed by atoms with Crippen molar-refractivity contribution in [2.24, 2.45) is 0 Å². The molecule has 0 aliphatic rings. The molecule has 1 heterocycles. The summed E-state index contributed by atoms with van der Waals surface area (Å²) >= 11 is 6.08. The minimum Gasteiger partial charge on any atom is -0.384 e. The number of hydrogen-bond donors (Lipinski definition) is 2. The number of benzene rings is 1. The van der Waals surface area contributed by atoms with Crippen molar-refractivity contribution < 1.29 is 4.79 Å². The third-order valence-corrected chi connectivity index (χ3v) is 3.95. The van der Waals surface area contributed by atoms with Crippen molar-refractivity contribution >= 4 is 28.9 Å². The number of nitrogens with one attached hydrogen (secondary N) is 2. The summed E-state index contributed by atoms with van der Waals surface area (Å²) in [7, 11) is 4.09. The molecule has 0 atom stereocenters. The van der Waals surface area contributed by atoms with Crippen LogP contribution in [0.4, 0.5) is 11.4 Å². The van der Waals surface area contributed by atoms with E-state index in [0.717, 1.165) is 30.8 Å². The Morgan fingerprint density at radius 3 is 2.71 bits per heavy atom. The number of anilines is 2. The second-order valence-corrected chi connectivity index (χ2v) is 6.37. The maximum absolute atomic E-state index is 12.4. The average molecular weight is 347 g/mol. The lowest BCUT2D eigenvalue weighted by atomic mass is 10.2. The van der Waals surface area contributed by atoms with Crippen LogP contribution in [0.25, 0.3) is 0 Å². The number of aryl methyl sites for hydroxylation is 1. The van der Waals surface area contributed by atoms with E-state index in [-0.39, 0.29) is 5.91 Å². The first kappa shape index (κ1) is 18.2. The quantitative estimate of drug-likeness (QED) is 0.751. The normalized spacial score (nSPS) is 10.7. The predicted molar refractivity (Wildman–Crippen MR) is 100 cm³/mol. The van der Waals surface area contributed by atoms with Gasteiger partial charge in [-0.05, 0) is 57.7 Å². The number of aromatic nitrogens is 1. The Bertz CT molecular complexity index is 703. The van der Waals surface area contributed by atoms with Crippen LogP contribution in [0.2, 0.25) is 5.02 Å². The largest absolute Gasteiger partial charge is 0.384 e. The summed E-state index contributed by atoms with van der Waals surface area (Å²) < 4.78 is 0. The highest BCUT2D eigenvalue weighted by molar-refractivity contribution is 6.31. The maximum Gasteiger partial charge on any atom is 0.257 e. The lowest BCUT2D eigenvalue weighted by molar-refractivity contribution is 0.102. The number of rotatable bonds is 7. The highest BCUT2D eigenvalue weighted by Gasteiger charge is 2.08. The molecule has 0 aliphatic heterocycles. The Hall–Kier alpha value is -2.11. The van der Waals surface area contributed by atoms with E-state index >= 15 is 0 Å². The first-order chi connectivity index (χ1) is 11.5. The van der Waals surface area contributed by atoms with Gasteiger partial charge in [0.05, 0.1) is 11.3 Å². The van der Waals surface area contributed by atoms with Gasteiger partial charge in [0.15, 0.2) is 0 Å². The molecular weight excluding hydrogens is 324 g/mol. The Morgan fingerprint density at radius 1 is 1.21 bits per heavy atom. The van der Waals surface area contributed by atoms with Crippen molar-refractivity contribution in [3.63, 3.8) is 0 Å². The van der Waals surface area contributed by atoms with Gasteiger partial charge >= 0.3 is 0 Å². The summed E-state index contributed by atoms with van der Waals surface area (Å²) in [6, 6.07) is 7.24. The van der Waals surface area contributed by atoms with Crippen molar-refractivity contribution in [3.05, 3.63) is 52.8 Å². The Morgan fingerprint density at radius 2 is 2.00 bits per heavy atom. The molecule has 6 heteroatoms. The van der Waals surface area contributed by atoms with Crippen molar-refractivity contribution in [2.45, 2.75) is 13.3 Å². The molecule has 0 spiro atoms. The van der Waals surface area contributed by atoms with Crippen molar-refractivity contribution in [2.75, 3.05) is 37.8 Å². The van der Waals surface area contributed by atoms with E-state index in [2.05, 4.69) is 20.5 Å². The summed E-state index contributed by atoms with van der Waals surface area (Å²) in [4.78, 5) is 18.6. The Labute approximate surface area is 148 Å². The zero-order chi connectivity index (χ0) is 17.5. The molecule has 2 aromatic rings. The van der Waals surface area contributed by atoms with Crippen molar-refractivity contribution in [1.29, 1.82) is 0 Å². The van der Waals surface area contributed by atoms with Crippen LogP contribution in [0, 0.1) is 6.92 Å². The van der Waals surface area contributed by atoms with E-state index < -0.39 is 0 Å². The van der Waals surface area contributed by atoms with E-state index in [1.54, 1.807) is 24.5 Å². The number of pyridine rings is 1. The molecule has 0 radical (unpaired) electrons. The van der Waals surface area contributed by atoms with Gasteiger partial charge in [0.25, 0.3) is 5.91 Å². The van der Waals surface area contributed by atoms with Gasteiger partial charge in [-0.2, -0.15) is 0 Å². The maximum atomic E-state index is 12.4. The van der Waals surface area contributed by atoms with Crippen LogP contribution in [0.15, 0.2) is 36.7 Å². The number of amides is 1. The molecule has 0 unspecified atom stereocenters. The lowest BCUT2D eigenvalue weighted by Crippen LogP contribution is -2.17. The third-order valence-electron chi connectivity index (χ3n) is 3.54. The first-order valence-corrected chi connectivity index (χ1v) is 8.24. The minimum absolute atomic E-state index is 0.209. The molecule has 1 amide bonds. The van der Waals surface area contributed by atoms with Gasteiger partial charge in [-0.25, -0.2) is 0 Å². The molecule has 0 aliphatic carbocycles. The van der Waals surface area contributed by atoms with Gasteiger partial charge in [0, 0.05) is 29.6 Å². The van der Waals surface area contributed by atoms with Crippen LogP contribution in [-0.2, 0) is 0 Å². The number of nitrogens with zero attached hydrogens (tertiary/aromatic N) is 2. The molecule has 5 nitrogen and oxygen atoms in total. The second kappa shape index (κ2) is 8.66. The summed E-state index contributed by atoms with van der Waals surface area (Å²) in [5.74, 6) is -0.209. The zero-order valence-electron chi connectivity index (χ0n) is 14.3. The molecule has 128 valence electrons. The molecule has 0 bridgehead atoms. The molecule has 2 N–H and O–H groups in total. The van der Waals surface area contributed by atoms with Crippen molar-refractivity contribution in [1.82, 2.24) is 9.88 Å². The predicted octanol–water partition coefficient (Wildman–Crippen LogP) is 3.66. The smallest absolute Gasteiger partial charge is 0.257 e. The minimum atomic E-state index is -0.209. The third kappa shape index (κ3) is 5.51. The molecule has 0 saturated carbocycles. The fourth-order valence-corrected chi connectivity index (χ4v) is 2.34.